The maximum Gasteiger partial charge on any atom is 0.227 e. The maximum absolute atomic E-state index is 12.7. The Morgan fingerprint density at radius 3 is 2.29 bits per heavy atom. The molecule has 4 heteroatoms. The summed E-state index contributed by atoms with van der Waals surface area (Å²) in [7, 11) is 0. The van der Waals surface area contributed by atoms with Gasteiger partial charge in [-0.2, -0.15) is 5.26 Å². The van der Waals surface area contributed by atoms with E-state index in [0.717, 1.165) is 32.4 Å². The minimum absolute atomic E-state index is 0.00647. The molecule has 0 unspecified atom stereocenters. The standard InChI is InChI=1S/C27H35N3O/c1-26(2,3)19-27(4,5)22-9-11-24(12-10-22)30-15-13-21(14-16-30)25(31)29-23-8-6-7-20(17-23)18-28/h6-12,17,21H,13-16,19H2,1-5H3,(H,29,31). The number of nitriles is 1. The van der Waals surface area contributed by atoms with E-state index in [-0.39, 0.29) is 17.2 Å². The molecule has 2 aromatic rings. The Hall–Kier alpha value is -2.80. The summed E-state index contributed by atoms with van der Waals surface area (Å²) in [6.45, 7) is 13.3. The quantitative estimate of drug-likeness (QED) is 0.637. The molecule has 0 bridgehead atoms. The van der Waals surface area contributed by atoms with Crippen molar-refractivity contribution < 1.29 is 4.79 Å². The van der Waals surface area contributed by atoms with Crippen molar-refractivity contribution in [2.45, 2.75) is 59.3 Å². The van der Waals surface area contributed by atoms with Crippen molar-refractivity contribution in [1.29, 1.82) is 5.26 Å². The average Bonchev–Trinajstić information content (AvgIpc) is 2.72. The van der Waals surface area contributed by atoms with Crippen LogP contribution in [0.2, 0.25) is 0 Å². The van der Waals surface area contributed by atoms with Crippen LogP contribution in [0.3, 0.4) is 0 Å². The van der Waals surface area contributed by atoms with E-state index >= 15 is 0 Å². The normalized spacial score (nSPS) is 15.4. The largest absolute Gasteiger partial charge is 0.371 e. The molecule has 164 valence electrons. The molecule has 0 aliphatic carbocycles. The van der Waals surface area contributed by atoms with Gasteiger partial charge in [0.1, 0.15) is 0 Å². The van der Waals surface area contributed by atoms with Gasteiger partial charge in [-0.1, -0.05) is 52.8 Å². The van der Waals surface area contributed by atoms with Crippen molar-refractivity contribution in [3.63, 3.8) is 0 Å². The second kappa shape index (κ2) is 9.14. The van der Waals surface area contributed by atoms with Crippen LogP contribution in [0.25, 0.3) is 0 Å². The summed E-state index contributed by atoms with van der Waals surface area (Å²) in [5, 5.41) is 12.0. The van der Waals surface area contributed by atoms with Crippen LogP contribution in [-0.4, -0.2) is 19.0 Å². The van der Waals surface area contributed by atoms with Crippen molar-refractivity contribution in [1.82, 2.24) is 0 Å². The Morgan fingerprint density at radius 2 is 1.71 bits per heavy atom. The number of anilines is 2. The van der Waals surface area contributed by atoms with E-state index < -0.39 is 0 Å². The van der Waals surface area contributed by atoms with Gasteiger partial charge in [-0.3, -0.25) is 4.79 Å². The van der Waals surface area contributed by atoms with Gasteiger partial charge in [0, 0.05) is 30.4 Å². The smallest absolute Gasteiger partial charge is 0.227 e. The molecule has 0 atom stereocenters. The highest BCUT2D eigenvalue weighted by Gasteiger charge is 2.28. The van der Waals surface area contributed by atoms with Gasteiger partial charge in [0.25, 0.3) is 0 Å². The second-order valence-electron chi connectivity index (χ2n) is 10.6. The molecule has 1 amide bonds. The van der Waals surface area contributed by atoms with Crippen LogP contribution in [0.4, 0.5) is 11.4 Å². The van der Waals surface area contributed by atoms with E-state index in [0.29, 0.717) is 16.7 Å². The van der Waals surface area contributed by atoms with Crippen molar-refractivity contribution in [2.75, 3.05) is 23.3 Å². The zero-order chi connectivity index (χ0) is 22.6. The first-order chi connectivity index (χ1) is 14.6. The first-order valence-corrected chi connectivity index (χ1v) is 11.2. The number of nitrogens with one attached hydrogen (secondary N) is 1. The third-order valence-electron chi connectivity index (χ3n) is 6.11. The molecule has 1 fully saturated rings. The van der Waals surface area contributed by atoms with Gasteiger partial charge in [0.2, 0.25) is 5.91 Å². The zero-order valence-corrected chi connectivity index (χ0v) is 19.5. The van der Waals surface area contributed by atoms with Crippen LogP contribution in [0.15, 0.2) is 48.5 Å². The van der Waals surface area contributed by atoms with Gasteiger partial charge < -0.3 is 10.2 Å². The number of nitrogens with zero attached hydrogens (tertiary/aromatic N) is 2. The number of carbonyl (C=O) groups is 1. The number of hydrogen-bond acceptors (Lipinski definition) is 3. The summed E-state index contributed by atoms with van der Waals surface area (Å²) in [5.41, 5.74) is 4.29. The monoisotopic (exact) mass is 417 g/mol. The van der Waals surface area contributed by atoms with Gasteiger partial charge in [-0.05, 0) is 66.0 Å². The first kappa shape index (κ1) is 22.9. The lowest BCUT2D eigenvalue weighted by molar-refractivity contribution is -0.120. The summed E-state index contributed by atoms with van der Waals surface area (Å²) >= 11 is 0. The van der Waals surface area contributed by atoms with E-state index in [1.54, 1.807) is 18.2 Å². The second-order valence-corrected chi connectivity index (χ2v) is 10.6. The molecule has 1 saturated heterocycles. The molecule has 1 aliphatic heterocycles. The van der Waals surface area contributed by atoms with Gasteiger partial charge in [-0.25, -0.2) is 0 Å². The predicted molar refractivity (Wildman–Crippen MR) is 128 cm³/mol. The number of piperidine rings is 1. The predicted octanol–water partition coefficient (Wildman–Crippen LogP) is 6.13. The third-order valence-corrected chi connectivity index (χ3v) is 6.11. The van der Waals surface area contributed by atoms with E-state index in [4.69, 9.17) is 5.26 Å². The Labute approximate surface area is 187 Å². The van der Waals surface area contributed by atoms with Crippen LogP contribution in [0, 0.1) is 22.7 Å². The molecule has 0 radical (unpaired) electrons. The molecular weight excluding hydrogens is 382 g/mol. The maximum atomic E-state index is 12.7. The molecule has 3 rings (SSSR count). The molecule has 0 aromatic heterocycles. The number of rotatable bonds is 5. The Bertz CT molecular complexity index is 940. The van der Waals surface area contributed by atoms with E-state index in [9.17, 15) is 4.79 Å². The molecule has 31 heavy (non-hydrogen) atoms. The Kier molecular flexibility index (Phi) is 6.74. The average molecular weight is 418 g/mol. The highest BCUT2D eigenvalue weighted by Crippen LogP contribution is 2.37. The lowest BCUT2D eigenvalue weighted by Crippen LogP contribution is -2.38. The highest BCUT2D eigenvalue weighted by atomic mass is 16.1. The lowest BCUT2D eigenvalue weighted by Gasteiger charge is -2.35. The van der Waals surface area contributed by atoms with Crippen LogP contribution in [-0.2, 0) is 10.2 Å². The minimum atomic E-state index is 0.00647. The van der Waals surface area contributed by atoms with Crippen molar-refractivity contribution in [3.05, 3.63) is 59.7 Å². The SMILES string of the molecule is CC(C)(C)CC(C)(C)c1ccc(N2CCC(C(=O)Nc3cccc(C#N)c3)CC2)cc1. The molecule has 0 saturated carbocycles. The molecule has 1 aliphatic rings. The van der Waals surface area contributed by atoms with Gasteiger partial charge in [0.05, 0.1) is 11.6 Å². The van der Waals surface area contributed by atoms with Crippen molar-refractivity contribution in [2.24, 2.45) is 11.3 Å². The van der Waals surface area contributed by atoms with Crippen molar-refractivity contribution >= 4 is 17.3 Å². The minimum Gasteiger partial charge on any atom is -0.371 e. The third kappa shape index (κ3) is 6.10. The summed E-state index contributed by atoms with van der Waals surface area (Å²) in [4.78, 5) is 15.0. The molecule has 0 spiro atoms. The molecule has 4 nitrogen and oxygen atoms in total. The summed E-state index contributed by atoms with van der Waals surface area (Å²) in [5.74, 6) is 0.0565. The fraction of sp³-hybridized carbons (Fsp3) is 0.481. The number of benzene rings is 2. The Morgan fingerprint density at radius 1 is 1.06 bits per heavy atom. The number of hydrogen-bond donors (Lipinski definition) is 1. The molecule has 1 heterocycles. The van der Waals surface area contributed by atoms with Gasteiger partial charge in [-0.15, -0.1) is 0 Å². The van der Waals surface area contributed by atoms with Crippen LogP contribution in [0.5, 0.6) is 0 Å². The van der Waals surface area contributed by atoms with Crippen LogP contribution < -0.4 is 10.2 Å². The summed E-state index contributed by atoms with van der Waals surface area (Å²) < 4.78 is 0. The number of amides is 1. The fourth-order valence-electron chi connectivity index (χ4n) is 4.86. The van der Waals surface area contributed by atoms with Gasteiger partial charge >= 0.3 is 0 Å². The van der Waals surface area contributed by atoms with E-state index in [1.807, 2.05) is 6.07 Å². The fourth-order valence-corrected chi connectivity index (χ4v) is 4.86. The van der Waals surface area contributed by atoms with E-state index in [2.05, 4.69) is 75.2 Å². The summed E-state index contributed by atoms with van der Waals surface area (Å²) in [6.07, 6.45) is 2.80. The molecular formula is C27H35N3O. The number of carbonyl (C=O) groups excluding carboxylic acids is 1. The van der Waals surface area contributed by atoms with E-state index in [1.165, 1.54) is 11.3 Å². The first-order valence-electron chi connectivity index (χ1n) is 11.2. The van der Waals surface area contributed by atoms with Gasteiger partial charge in [0.15, 0.2) is 0 Å². The van der Waals surface area contributed by atoms with Crippen molar-refractivity contribution in [3.8, 4) is 6.07 Å². The molecule has 2 aromatic carbocycles. The zero-order valence-electron chi connectivity index (χ0n) is 19.5. The topological polar surface area (TPSA) is 56.1 Å². The van der Waals surface area contributed by atoms with Crippen LogP contribution >= 0.6 is 0 Å². The summed E-state index contributed by atoms with van der Waals surface area (Å²) in [6, 6.07) is 18.2. The van der Waals surface area contributed by atoms with Crippen LogP contribution in [0.1, 0.15) is 65.0 Å². The highest BCUT2D eigenvalue weighted by molar-refractivity contribution is 5.92. The Balaban J connectivity index is 1.57. The lowest BCUT2D eigenvalue weighted by atomic mass is 9.72. The molecule has 1 N–H and O–H groups in total.